The third-order valence-electron chi connectivity index (χ3n) is 3.27. The maximum absolute atomic E-state index is 13.7. The number of hydrogen-bond acceptors (Lipinski definition) is 2. The summed E-state index contributed by atoms with van der Waals surface area (Å²) in [7, 11) is 1.46. The lowest BCUT2D eigenvalue weighted by Gasteiger charge is -2.25. The Hall–Kier alpha value is -1.16. The van der Waals surface area contributed by atoms with E-state index in [-0.39, 0.29) is 11.7 Å². The van der Waals surface area contributed by atoms with Crippen molar-refractivity contribution >= 4 is 0 Å². The quantitative estimate of drug-likeness (QED) is 0.878. The minimum absolute atomic E-state index is 0.257. The summed E-state index contributed by atoms with van der Waals surface area (Å²) in [4.78, 5) is 0. The minimum Gasteiger partial charge on any atom is -0.493 e. The molecule has 1 saturated heterocycles. The van der Waals surface area contributed by atoms with Gasteiger partial charge in [-0.25, -0.2) is 8.78 Å². The molecule has 17 heavy (non-hydrogen) atoms. The molecule has 4 heteroatoms. The van der Waals surface area contributed by atoms with Gasteiger partial charge < -0.3 is 10.1 Å². The SMILES string of the molecule is COc1c(F)cc(CF)cc1C1CCNCC1. The lowest BCUT2D eigenvalue weighted by molar-refractivity contribution is 0.366. The number of ether oxygens (including phenoxy) is 1. The van der Waals surface area contributed by atoms with Crippen molar-refractivity contribution in [2.75, 3.05) is 20.2 Å². The standard InChI is InChI=1S/C13H17F2NO/c1-17-13-11(10-2-4-16-5-3-10)6-9(8-14)7-12(13)15/h6-7,10,16H,2-5,8H2,1H3. The van der Waals surface area contributed by atoms with Crippen molar-refractivity contribution in [3.05, 3.63) is 29.1 Å². The van der Waals surface area contributed by atoms with Crippen molar-refractivity contribution in [2.24, 2.45) is 0 Å². The Labute approximate surface area is 100.0 Å². The van der Waals surface area contributed by atoms with E-state index in [9.17, 15) is 8.78 Å². The lowest BCUT2D eigenvalue weighted by Crippen LogP contribution is -2.27. The molecule has 2 nitrogen and oxygen atoms in total. The first-order valence-corrected chi connectivity index (χ1v) is 5.89. The molecule has 0 amide bonds. The zero-order valence-corrected chi connectivity index (χ0v) is 9.93. The highest BCUT2D eigenvalue weighted by Crippen LogP contribution is 2.35. The van der Waals surface area contributed by atoms with Crippen molar-refractivity contribution in [3.8, 4) is 5.75 Å². The van der Waals surface area contributed by atoms with Crippen molar-refractivity contribution in [1.29, 1.82) is 0 Å². The number of piperidine rings is 1. The van der Waals surface area contributed by atoms with Crippen LogP contribution in [-0.4, -0.2) is 20.2 Å². The Balaban J connectivity index is 2.38. The molecule has 0 unspecified atom stereocenters. The van der Waals surface area contributed by atoms with Crippen LogP contribution in [0.5, 0.6) is 5.75 Å². The third-order valence-corrected chi connectivity index (χ3v) is 3.27. The number of halogens is 2. The van der Waals surface area contributed by atoms with E-state index in [1.54, 1.807) is 6.07 Å². The number of alkyl halides is 1. The molecule has 1 aromatic rings. The average Bonchev–Trinajstić information content (AvgIpc) is 2.38. The number of nitrogens with one attached hydrogen (secondary N) is 1. The fourth-order valence-electron chi connectivity index (χ4n) is 2.40. The number of rotatable bonds is 3. The van der Waals surface area contributed by atoms with Gasteiger partial charge in [0.25, 0.3) is 0 Å². The maximum atomic E-state index is 13.7. The zero-order chi connectivity index (χ0) is 12.3. The van der Waals surface area contributed by atoms with E-state index in [0.29, 0.717) is 5.56 Å². The van der Waals surface area contributed by atoms with Crippen molar-refractivity contribution in [3.63, 3.8) is 0 Å². The largest absolute Gasteiger partial charge is 0.493 e. The van der Waals surface area contributed by atoms with E-state index in [1.807, 2.05) is 0 Å². The van der Waals surface area contributed by atoms with E-state index in [0.717, 1.165) is 31.5 Å². The first kappa shape index (κ1) is 12.3. The molecule has 0 atom stereocenters. The molecule has 2 rings (SSSR count). The van der Waals surface area contributed by atoms with Gasteiger partial charge in [-0.15, -0.1) is 0 Å². The van der Waals surface area contributed by atoms with Crippen LogP contribution in [-0.2, 0) is 6.67 Å². The Morgan fingerprint density at radius 1 is 1.35 bits per heavy atom. The summed E-state index contributed by atoms with van der Waals surface area (Å²) in [6, 6.07) is 2.95. The molecule has 1 aliphatic rings. The van der Waals surface area contributed by atoms with Crippen LogP contribution in [0, 0.1) is 5.82 Å². The highest BCUT2D eigenvalue weighted by atomic mass is 19.1. The van der Waals surface area contributed by atoms with Crippen molar-refractivity contribution in [1.82, 2.24) is 5.32 Å². The molecular weight excluding hydrogens is 224 g/mol. The molecule has 0 spiro atoms. The number of hydrogen-bond donors (Lipinski definition) is 1. The van der Waals surface area contributed by atoms with E-state index in [4.69, 9.17) is 4.74 Å². The highest BCUT2D eigenvalue weighted by Gasteiger charge is 2.22. The zero-order valence-electron chi connectivity index (χ0n) is 9.93. The van der Waals surface area contributed by atoms with Gasteiger partial charge in [0.2, 0.25) is 0 Å². The summed E-state index contributed by atoms with van der Waals surface area (Å²) in [6.45, 7) is 1.18. The lowest BCUT2D eigenvalue weighted by atomic mass is 9.88. The summed E-state index contributed by atoms with van der Waals surface area (Å²) in [5.74, 6) is 0.0671. The van der Waals surface area contributed by atoms with E-state index < -0.39 is 12.5 Å². The van der Waals surface area contributed by atoms with Gasteiger partial charge in [-0.1, -0.05) is 0 Å². The second-order valence-electron chi connectivity index (χ2n) is 4.36. The van der Waals surface area contributed by atoms with Crippen LogP contribution in [0.15, 0.2) is 12.1 Å². The maximum Gasteiger partial charge on any atom is 0.165 e. The molecule has 0 aliphatic carbocycles. The normalized spacial score (nSPS) is 17.1. The van der Waals surface area contributed by atoms with Crippen LogP contribution in [0.1, 0.15) is 29.9 Å². The predicted octanol–water partition coefficient (Wildman–Crippen LogP) is 2.77. The molecule has 94 valence electrons. The van der Waals surface area contributed by atoms with Crippen LogP contribution in [0.25, 0.3) is 0 Å². The number of benzene rings is 1. The van der Waals surface area contributed by atoms with Gasteiger partial charge in [0.05, 0.1) is 7.11 Å². The molecule has 1 heterocycles. The summed E-state index contributed by atoms with van der Waals surface area (Å²) in [5.41, 5.74) is 1.19. The van der Waals surface area contributed by atoms with Gasteiger partial charge in [0.15, 0.2) is 11.6 Å². The summed E-state index contributed by atoms with van der Waals surface area (Å²) in [5, 5.41) is 3.26. The van der Waals surface area contributed by atoms with Crippen LogP contribution in [0.4, 0.5) is 8.78 Å². The molecule has 1 aromatic carbocycles. The molecule has 1 N–H and O–H groups in total. The fourth-order valence-corrected chi connectivity index (χ4v) is 2.40. The monoisotopic (exact) mass is 241 g/mol. The van der Waals surface area contributed by atoms with Gasteiger partial charge in [-0.3, -0.25) is 0 Å². The van der Waals surface area contributed by atoms with Crippen molar-refractivity contribution in [2.45, 2.75) is 25.4 Å². The summed E-state index contributed by atoms with van der Waals surface area (Å²) in [6.07, 6.45) is 1.87. The van der Waals surface area contributed by atoms with Gasteiger partial charge in [-0.2, -0.15) is 0 Å². The Kier molecular flexibility index (Phi) is 3.94. The van der Waals surface area contributed by atoms with Gasteiger partial charge >= 0.3 is 0 Å². The topological polar surface area (TPSA) is 21.3 Å². The second-order valence-corrected chi connectivity index (χ2v) is 4.36. The Morgan fingerprint density at radius 3 is 2.65 bits per heavy atom. The first-order valence-electron chi connectivity index (χ1n) is 5.89. The first-order chi connectivity index (χ1) is 8.26. The van der Waals surface area contributed by atoms with Crippen LogP contribution in [0.2, 0.25) is 0 Å². The fraction of sp³-hybridized carbons (Fsp3) is 0.538. The Bertz CT molecular complexity index is 389. The van der Waals surface area contributed by atoms with E-state index >= 15 is 0 Å². The van der Waals surface area contributed by atoms with Crippen LogP contribution >= 0.6 is 0 Å². The van der Waals surface area contributed by atoms with Crippen LogP contribution < -0.4 is 10.1 Å². The molecule has 0 saturated carbocycles. The minimum atomic E-state index is -0.640. The highest BCUT2D eigenvalue weighted by molar-refractivity contribution is 5.41. The molecule has 1 aliphatic heterocycles. The number of methoxy groups -OCH3 is 1. The van der Waals surface area contributed by atoms with Crippen molar-refractivity contribution < 1.29 is 13.5 Å². The second kappa shape index (κ2) is 5.45. The average molecular weight is 241 g/mol. The van der Waals surface area contributed by atoms with Gasteiger partial charge in [0.1, 0.15) is 6.67 Å². The van der Waals surface area contributed by atoms with Gasteiger partial charge in [0, 0.05) is 5.56 Å². The third kappa shape index (κ3) is 2.57. The van der Waals surface area contributed by atoms with E-state index in [2.05, 4.69) is 5.32 Å². The smallest absolute Gasteiger partial charge is 0.165 e. The Morgan fingerprint density at radius 2 is 2.06 bits per heavy atom. The predicted molar refractivity (Wildman–Crippen MR) is 62.6 cm³/mol. The molecule has 0 bridgehead atoms. The molecule has 0 radical (unpaired) electrons. The van der Waals surface area contributed by atoms with Crippen LogP contribution in [0.3, 0.4) is 0 Å². The molecule has 1 fully saturated rings. The van der Waals surface area contributed by atoms with Gasteiger partial charge in [-0.05, 0) is 49.5 Å². The summed E-state index contributed by atoms with van der Waals surface area (Å²) < 4.78 is 31.5. The summed E-state index contributed by atoms with van der Waals surface area (Å²) >= 11 is 0. The van der Waals surface area contributed by atoms with E-state index in [1.165, 1.54) is 13.2 Å². The molecule has 0 aromatic heterocycles. The molecular formula is C13H17F2NO.